The van der Waals surface area contributed by atoms with E-state index in [9.17, 15) is 9.59 Å². The summed E-state index contributed by atoms with van der Waals surface area (Å²) in [6, 6.07) is 3.69. The Bertz CT molecular complexity index is 1060. The molecule has 1 aliphatic carbocycles. The number of epoxide rings is 1. The van der Waals surface area contributed by atoms with Crippen molar-refractivity contribution in [1.29, 1.82) is 0 Å². The minimum atomic E-state index is -0.484. The van der Waals surface area contributed by atoms with Crippen molar-refractivity contribution in [1.82, 2.24) is 9.88 Å². The van der Waals surface area contributed by atoms with Crippen LogP contribution in [0.15, 0.2) is 54.3 Å². The molecule has 7 heteroatoms. The largest absolute Gasteiger partial charge is 0.454 e. The third-order valence-electron chi connectivity index (χ3n) is 7.85. The molecule has 3 aliphatic rings. The molecule has 2 saturated heterocycles. The number of carbonyl (C=O) groups is 2. The maximum absolute atomic E-state index is 12.4. The summed E-state index contributed by atoms with van der Waals surface area (Å²) < 4.78 is 19.1. The Hall–Kier alpha value is -2.64. The van der Waals surface area contributed by atoms with E-state index < -0.39 is 12.1 Å². The van der Waals surface area contributed by atoms with Gasteiger partial charge in [-0.05, 0) is 83.9 Å². The molecule has 3 atom stereocenters. The highest BCUT2D eigenvalue weighted by Crippen LogP contribution is 2.46. The number of aromatic nitrogens is 1. The second-order valence-electron chi connectivity index (χ2n) is 12.0. The van der Waals surface area contributed by atoms with Crippen molar-refractivity contribution in [2.75, 3.05) is 6.61 Å². The van der Waals surface area contributed by atoms with Crippen molar-refractivity contribution < 1.29 is 23.8 Å². The Labute approximate surface area is 227 Å². The van der Waals surface area contributed by atoms with Gasteiger partial charge in [-0.3, -0.25) is 4.79 Å². The van der Waals surface area contributed by atoms with Gasteiger partial charge in [0.2, 0.25) is 5.91 Å². The zero-order chi connectivity index (χ0) is 27.3. The van der Waals surface area contributed by atoms with Crippen LogP contribution in [0, 0.1) is 5.92 Å². The zero-order valence-electron chi connectivity index (χ0n) is 23.6. The SMILES string of the molecule is CC(C=C[C@@H]1C[C@]2(CO2)CC(C)(C)O1)=CCC1CCC(NC(=O)C=CC(C)OC(=O)c2cccn2C)CC1. The molecule has 0 bridgehead atoms. The van der Waals surface area contributed by atoms with E-state index in [1.54, 1.807) is 42.9 Å². The number of hydrogen-bond donors (Lipinski definition) is 1. The Morgan fingerprint density at radius 2 is 1.97 bits per heavy atom. The summed E-state index contributed by atoms with van der Waals surface area (Å²) in [5, 5.41) is 3.10. The topological polar surface area (TPSA) is 82.1 Å². The van der Waals surface area contributed by atoms with E-state index in [4.69, 9.17) is 14.2 Å². The number of rotatable bonds is 9. The molecule has 1 unspecified atom stereocenters. The summed E-state index contributed by atoms with van der Waals surface area (Å²) in [7, 11) is 1.79. The molecule has 38 heavy (non-hydrogen) atoms. The number of allylic oxidation sites excluding steroid dienone is 3. The van der Waals surface area contributed by atoms with E-state index >= 15 is 0 Å². The lowest BCUT2D eigenvalue weighted by Gasteiger charge is -2.38. The second kappa shape index (κ2) is 12.0. The van der Waals surface area contributed by atoms with Crippen LogP contribution in [0.3, 0.4) is 0 Å². The van der Waals surface area contributed by atoms with Gasteiger partial charge in [-0.2, -0.15) is 0 Å². The molecule has 1 aromatic heterocycles. The van der Waals surface area contributed by atoms with E-state index in [1.165, 1.54) is 11.6 Å². The van der Waals surface area contributed by atoms with Crippen LogP contribution < -0.4 is 5.32 Å². The van der Waals surface area contributed by atoms with Gasteiger partial charge in [0.25, 0.3) is 0 Å². The van der Waals surface area contributed by atoms with Gasteiger partial charge in [0, 0.05) is 38.2 Å². The van der Waals surface area contributed by atoms with Crippen LogP contribution in [0.1, 0.15) is 83.1 Å². The minimum Gasteiger partial charge on any atom is -0.454 e. The molecule has 1 spiro atoms. The molecule has 0 radical (unpaired) electrons. The van der Waals surface area contributed by atoms with Crippen molar-refractivity contribution in [2.45, 2.75) is 102 Å². The monoisotopic (exact) mass is 524 g/mol. The zero-order valence-corrected chi connectivity index (χ0v) is 23.6. The highest BCUT2D eigenvalue weighted by Gasteiger charge is 2.53. The third kappa shape index (κ3) is 8.18. The summed E-state index contributed by atoms with van der Waals surface area (Å²) in [5.74, 6) is 0.107. The molecular formula is C31H44N2O5. The lowest BCUT2D eigenvalue weighted by Crippen LogP contribution is -2.43. The lowest BCUT2D eigenvalue weighted by molar-refractivity contribution is -0.117. The Morgan fingerprint density at radius 1 is 1.24 bits per heavy atom. The van der Waals surface area contributed by atoms with Crippen LogP contribution in [0.5, 0.6) is 0 Å². The van der Waals surface area contributed by atoms with Crippen LogP contribution in [0.2, 0.25) is 0 Å². The fraction of sp³-hybridized carbons (Fsp3) is 0.613. The molecule has 1 aromatic rings. The van der Waals surface area contributed by atoms with Crippen molar-refractivity contribution in [2.24, 2.45) is 13.0 Å². The number of aryl methyl sites for hydroxylation is 1. The normalized spacial score (nSPS) is 30.0. The summed E-state index contributed by atoms with van der Waals surface area (Å²) in [4.78, 5) is 24.6. The molecule has 4 rings (SSSR count). The molecule has 1 saturated carbocycles. The summed E-state index contributed by atoms with van der Waals surface area (Å²) in [6.45, 7) is 9.07. The summed E-state index contributed by atoms with van der Waals surface area (Å²) in [5.41, 5.74) is 1.66. The van der Waals surface area contributed by atoms with Crippen molar-refractivity contribution in [3.05, 3.63) is 60.0 Å². The fourth-order valence-corrected chi connectivity index (χ4v) is 5.77. The smallest absolute Gasteiger partial charge is 0.355 e. The van der Waals surface area contributed by atoms with Crippen LogP contribution in [-0.2, 0) is 26.1 Å². The maximum Gasteiger partial charge on any atom is 0.355 e. The number of ether oxygens (including phenoxy) is 3. The maximum atomic E-state index is 12.4. The van der Waals surface area contributed by atoms with Gasteiger partial charge in [0.05, 0.1) is 23.9 Å². The lowest BCUT2D eigenvalue weighted by atomic mass is 9.83. The first-order valence-electron chi connectivity index (χ1n) is 14.0. The standard InChI is InChI=1S/C31H44N2O5/c1-22(9-16-26-19-31(21-36-31)20-30(3,4)38-26)8-11-24-12-14-25(15-13-24)32-28(34)17-10-23(2)37-29(35)27-7-6-18-33(27)5/h6-10,16-18,23-26H,11-15,19-21H2,1-5H3,(H,32,34)/t23?,24?,25?,26-,31-/m1/s1. The molecule has 7 nitrogen and oxygen atoms in total. The van der Waals surface area contributed by atoms with Gasteiger partial charge in [-0.25, -0.2) is 4.79 Å². The Kier molecular flexibility index (Phi) is 8.99. The average Bonchev–Trinajstić information content (AvgIpc) is 3.43. The van der Waals surface area contributed by atoms with E-state index in [-0.39, 0.29) is 29.3 Å². The van der Waals surface area contributed by atoms with Crippen molar-refractivity contribution in [3.63, 3.8) is 0 Å². The van der Waals surface area contributed by atoms with Gasteiger partial charge in [0.15, 0.2) is 0 Å². The number of esters is 1. The van der Waals surface area contributed by atoms with Crippen LogP contribution in [0.4, 0.5) is 0 Å². The first-order chi connectivity index (χ1) is 18.0. The second-order valence-corrected chi connectivity index (χ2v) is 12.0. The van der Waals surface area contributed by atoms with E-state index in [0.717, 1.165) is 51.6 Å². The summed E-state index contributed by atoms with van der Waals surface area (Å²) >= 11 is 0. The van der Waals surface area contributed by atoms with Crippen molar-refractivity contribution in [3.8, 4) is 0 Å². The van der Waals surface area contributed by atoms with Gasteiger partial charge < -0.3 is 24.1 Å². The molecule has 0 aromatic carbocycles. The first kappa shape index (κ1) is 28.4. The van der Waals surface area contributed by atoms with Gasteiger partial charge >= 0.3 is 5.97 Å². The highest BCUT2D eigenvalue weighted by molar-refractivity contribution is 5.89. The number of nitrogens with zero attached hydrogens (tertiary/aromatic N) is 1. The van der Waals surface area contributed by atoms with Crippen LogP contribution >= 0.6 is 0 Å². The molecule has 3 heterocycles. The fourth-order valence-electron chi connectivity index (χ4n) is 5.77. The van der Waals surface area contributed by atoms with Crippen molar-refractivity contribution >= 4 is 11.9 Å². The third-order valence-corrected chi connectivity index (χ3v) is 7.85. The molecule has 1 amide bonds. The molecule has 3 fully saturated rings. The highest BCUT2D eigenvalue weighted by atomic mass is 16.6. The van der Waals surface area contributed by atoms with Gasteiger partial charge in [-0.1, -0.05) is 23.8 Å². The number of nitrogens with one attached hydrogen (secondary N) is 1. The number of carbonyl (C=O) groups excluding carboxylic acids is 2. The molecule has 208 valence electrons. The predicted molar refractivity (Wildman–Crippen MR) is 148 cm³/mol. The van der Waals surface area contributed by atoms with Gasteiger partial charge in [-0.15, -0.1) is 0 Å². The predicted octanol–water partition coefficient (Wildman–Crippen LogP) is 5.42. The van der Waals surface area contributed by atoms with Gasteiger partial charge in [0.1, 0.15) is 11.8 Å². The van der Waals surface area contributed by atoms with Crippen LogP contribution in [0.25, 0.3) is 0 Å². The average molecular weight is 525 g/mol. The minimum absolute atomic E-state index is 0.0471. The van der Waals surface area contributed by atoms with Crippen LogP contribution in [-0.4, -0.2) is 52.5 Å². The Balaban J connectivity index is 1.14. The van der Waals surface area contributed by atoms with E-state index in [2.05, 4.69) is 44.3 Å². The van der Waals surface area contributed by atoms with E-state index in [1.807, 2.05) is 0 Å². The number of amides is 1. The Morgan fingerprint density at radius 3 is 2.63 bits per heavy atom. The quantitative estimate of drug-likeness (QED) is 0.202. The molecule has 2 aliphatic heterocycles. The number of hydrogen-bond acceptors (Lipinski definition) is 5. The summed E-state index contributed by atoms with van der Waals surface area (Å²) in [6.07, 6.45) is 18.4. The van der Waals surface area contributed by atoms with E-state index in [0.29, 0.717) is 11.6 Å². The molecular weight excluding hydrogens is 480 g/mol. The first-order valence-corrected chi connectivity index (χ1v) is 14.0. The molecule has 1 N–H and O–H groups in total.